The smallest absolute Gasteiger partial charge is 0.224 e. The molecule has 0 aliphatic rings. The molecule has 0 aliphatic carbocycles. The highest BCUT2D eigenvalue weighted by atomic mass is 16.2. The fraction of sp³-hybridized carbons (Fsp3) is 0.158. The Morgan fingerprint density at radius 2 is 1.08 bits per heavy atom. The molecule has 0 spiro atoms. The number of hydrogen-bond acceptors (Lipinski definition) is 4. The van der Waals surface area contributed by atoms with Crippen molar-refractivity contribution in [1.29, 1.82) is 10.5 Å². The molecule has 0 saturated heterocycles. The van der Waals surface area contributed by atoms with Gasteiger partial charge in [0.2, 0.25) is 11.8 Å². The van der Waals surface area contributed by atoms with E-state index in [9.17, 15) is 9.59 Å². The molecule has 2 N–H and O–H groups in total. The van der Waals surface area contributed by atoms with Gasteiger partial charge >= 0.3 is 0 Å². The van der Waals surface area contributed by atoms with Crippen molar-refractivity contribution < 1.29 is 9.59 Å². The Balaban J connectivity index is 1.71. The lowest BCUT2D eigenvalue weighted by molar-refractivity contribution is -0.117. The third kappa shape index (κ3) is 5.81. The van der Waals surface area contributed by atoms with Crippen LogP contribution in [0.3, 0.4) is 0 Å². The molecule has 0 heterocycles. The molecule has 0 radical (unpaired) electrons. The first kappa shape index (κ1) is 17.7. The molecule has 0 unspecified atom stereocenters. The van der Waals surface area contributed by atoms with Crippen molar-refractivity contribution in [3.8, 4) is 12.1 Å². The number of carbonyl (C=O) groups excluding carboxylic acids is 2. The fourth-order valence-corrected chi connectivity index (χ4v) is 2.11. The van der Waals surface area contributed by atoms with E-state index in [4.69, 9.17) is 10.5 Å². The van der Waals surface area contributed by atoms with E-state index in [0.717, 1.165) is 0 Å². The highest BCUT2D eigenvalue weighted by Crippen LogP contribution is 2.11. The van der Waals surface area contributed by atoms with Gasteiger partial charge in [0.1, 0.15) is 0 Å². The van der Waals surface area contributed by atoms with Crippen LogP contribution in [0.25, 0.3) is 0 Å². The lowest BCUT2D eigenvalue weighted by Gasteiger charge is -2.06. The van der Waals surface area contributed by atoms with Crippen LogP contribution in [0.2, 0.25) is 0 Å². The molecule has 6 nitrogen and oxygen atoms in total. The summed E-state index contributed by atoms with van der Waals surface area (Å²) in [6.45, 7) is 0. The van der Waals surface area contributed by atoms with Crippen molar-refractivity contribution in [2.45, 2.75) is 19.3 Å². The molecule has 2 aromatic rings. The average molecular weight is 332 g/mol. The summed E-state index contributed by atoms with van der Waals surface area (Å²) >= 11 is 0. The maximum atomic E-state index is 11.8. The molecule has 0 saturated carbocycles. The van der Waals surface area contributed by atoms with E-state index in [0.29, 0.717) is 28.9 Å². The summed E-state index contributed by atoms with van der Waals surface area (Å²) in [5.74, 6) is -0.369. The topological polar surface area (TPSA) is 106 Å². The van der Waals surface area contributed by atoms with Gasteiger partial charge in [-0.15, -0.1) is 0 Å². The van der Waals surface area contributed by atoms with Crippen LogP contribution in [-0.4, -0.2) is 11.8 Å². The van der Waals surface area contributed by atoms with Crippen molar-refractivity contribution in [2.75, 3.05) is 10.6 Å². The van der Waals surface area contributed by atoms with E-state index < -0.39 is 0 Å². The first-order chi connectivity index (χ1) is 12.1. The predicted molar refractivity (Wildman–Crippen MR) is 93.4 cm³/mol. The lowest BCUT2D eigenvalue weighted by atomic mass is 10.2. The SMILES string of the molecule is N#Cc1ccc(NC(=O)CCCC(=O)Nc2ccc(C#N)cc2)cc1. The van der Waals surface area contributed by atoms with Crippen molar-refractivity contribution in [3.63, 3.8) is 0 Å². The maximum Gasteiger partial charge on any atom is 0.224 e. The number of anilines is 2. The second kappa shape index (κ2) is 8.85. The van der Waals surface area contributed by atoms with Gasteiger partial charge in [-0.3, -0.25) is 9.59 Å². The Labute approximate surface area is 145 Å². The number of amides is 2. The van der Waals surface area contributed by atoms with Crippen molar-refractivity contribution in [3.05, 3.63) is 59.7 Å². The van der Waals surface area contributed by atoms with Crippen LogP contribution in [0.5, 0.6) is 0 Å². The van der Waals surface area contributed by atoms with E-state index in [1.165, 1.54) is 0 Å². The molecule has 0 aliphatic heterocycles. The second-order valence-corrected chi connectivity index (χ2v) is 5.33. The molecule has 0 bridgehead atoms. The Kier molecular flexibility index (Phi) is 6.27. The van der Waals surface area contributed by atoms with Crippen LogP contribution in [0.4, 0.5) is 11.4 Å². The van der Waals surface area contributed by atoms with Gasteiger partial charge in [0.05, 0.1) is 23.3 Å². The maximum absolute atomic E-state index is 11.8. The molecule has 0 atom stereocenters. The molecule has 2 amide bonds. The zero-order valence-electron chi connectivity index (χ0n) is 13.5. The molecule has 0 fully saturated rings. The first-order valence-corrected chi connectivity index (χ1v) is 7.71. The summed E-state index contributed by atoms with van der Waals surface area (Å²) in [6, 6.07) is 17.2. The number of carbonyl (C=O) groups is 2. The summed E-state index contributed by atoms with van der Waals surface area (Å²) in [5, 5.41) is 22.9. The molecular formula is C19H16N4O2. The van der Waals surface area contributed by atoms with Crippen molar-refractivity contribution >= 4 is 23.2 Å². The van der Waals surface area contributed by atoms with Gasteiger partial charge in [0.15, 0.2) is 0 Å². The second-order valence-electron chi connectivity index (χ2n) is 5.33. The van der Waals surface area contributed by atoms with Gasteiger partial charge < -0.3 is 10.6 Å². The number of nitrogens with one attached hydrogen (secondary N) is 2. The van der Waals surface area contributed by atoms with Gasteiger partial charge in [0.25, 0.3) is 0 Å². The van der Waals surface area contributed by atoms with Crippen molar-refractivity contribution in [1.82, 2.24) is 0 Å². The van der Waals surface area contributed by atoms with Crippen LogP contribution in [0.1, 0.15) is 30.4 Å². The number of nitrogens with zero attached hydrogens (tertiary/aromatic N) is 2. The highest BCUT2D eigenvalue weighted by molar-refractivity contribution is 5.93. The Bertz CT molecular complexity index is 756. The van der Waals surface area contributed by atoms with E-state index >= 15 is 0 Å². The van der Waals surface area contributed by atoms with E-state index in [1.807, 2.05) is 12.1 Å². The minimum atomic E-state index is -0.184. The van der Waals surface area contributed by atoms with Gasteiger partial charge in [-0.25, -0.2) is 0 Å². The summed E-state index contributed by atoms with van der Waals surface area (Å²) in [5.41, 5.74) is 2.28. The minimum Gasteiger partial charge on any atom is -0.326 e. The first-order valence-electron chi connectivity index (χ1n) is 7.71. The van der Waals surface area contributed by atoms with Gasteiger partial charge in [0, 0.05) is 24.2 Å². The number of rotatable bonds is 6. The number of benzene rings is 2. The highest BCUT2D eigenvalue weighted by Gasteiger charge is 2.06. The molecule has 124 valence electrons. The molecule has 2 aromatic carbocycles. The Hall–Kier alpha value is -3.64. The quantitative estimate of drug-likeness (QED) is 0.847. The third-order valence-electron chi connectivity index (χ3n) is 3.40. The van der Waals surface area contributed by atoms with Crippen LogP contribution >= 0.6 is 0 Å². The summed E-state index contributed by atoms with van der Waals surface area (Å²) in [7, 11) is 0. The largest absolute Gasteiger partial charge is 0.326 e. The third-order valence-corrected chi connectivity index (χ3v) is 3.40. The Morgan fingerprint density at radius 1 is 0.720 bits per heavy atom. The van der Waals surface area contributed by atoms with Crippen LogP contribution in [0, 0.1) is 22.7 Å². The zero-order chi connectivity index (χ0) is 18.1. The van der Waals surface area contributed by atoms with E-state index in [-0.39, 0.29) is 24.7 Å². The van der Waals surface area contributed by atoms with Crippen molar-refractivity contribution in [2.24, 2.45) is 0 Å². The van der Waals surface area contributed by atoms with Gasteiger partial charge in [-0.1, -0.05) is 0 Å². The zero-order valence-corrected chi connectivity index (χ0v) is 13.5. The summed E-state index contributed by atoms with van der Waals surface area (Å²) in [6.07, 6.45) is 0.867. The average Bonchev–Trinajstić information content (AvgIpc) is 2.63. The molecule has 0 aromatic heterocycles. The summed E-state index contributed by atoms with van der Waals surface area (Å²) < 4.78 is 0. The van der Waals surface area contributed by atoms with Gasteiger partial charge in [-0.05, 0) is 55.0 Å². The number of nitriles is 2. The molecule has 6 heteroatoms. The summed E-state index contributed by atoms with van der Waals surface area (Å²) in [4.78, 5) is 23.7. The van der Waals surface area contributed by atoms with Crippen LogP contribution < -0.4 is 10.6 Å². The lowest BCUT2D eigenvalue weighted by Crippen LogP contribution is -2.14. The minimum absolute atomic E-state index is 0.184. The normalized spacial score (nSPS) is 9.52. The van der Waals surface area contributed by atoms with Crippen LogP contribution in [0.15, 0.2) is 48.5 Å². The number of hydrogen-bond donors (Lipinski definition) is 2. The molecule has 25 heavy (non-hydrogen) atoms. The monoisotopic (exact) mass is 332 g/mol. The van der Waals surface area contributed by atoms with E-state index in [1.54, 1.807) is 48.5 Å². The molecular weight excluding hydrogens is 316 g/mol. The predicted octanol–water partition coefficient (Wildman–Crippen LogP) is 3.18. The molecule has 2 rings (SSSR count). The Morgan fingerprint density at radius 3 is 1.40 bits per heavy atom. The van der Waals surface area contributed by atoms with Gasteiger partial charge in [-0.2, -0.15) is 10.5 Å². The standard InChI is InChI=1S/C19H16N4O2/c20-12-14-4-8-16(9-5-14)22-18(24)2-1-3-19(25)23-17-10-6-15(13-21)7-11-17/h4-11H,1-3H2,(H,22,24)(H,23,25). The van der Waals surface area contributed by atoms with E-state index in [2.05, 4.69) is 10.6 Å². The fourth-order valence-electron chi connectivity index (χ4n) is 2.11. The van der Waals surface area contributed by atoms with Crippen LogP contribution in [-0.2, 0) is 9.59 Å².